The van der Waals surface area contributed by atoms with Crippen molar-refractivity contribution in [1.82, 2.24) is 58.6 Å². The lowest BCUT2D eigenvalue weighted by Gasteiger charge is -2.14. The highest BCUT2D eigenvalue weighted by atomic mass is 32.1. The summed E-state index contributed by atoms with van der Waals surface area (Å²) in [6.45, 7) is 0. The van der Waals surface area contributed by atoms with Crippen LogP contribution in [-0.4, -0.2) is 58.6 Å². The van der Waals surface area contributed by atoms with E-state index < -0.39 is 0 Å². The van der Waals surface area contributed by atoms with Crippen molar-refractivity contribution in [3.63, 3.8) is 0 Å². The van der Waals surface area contributed by atoms with Gasteiger partial charge in [0.05, 0.1) is 54.4 Å². The molecule has 15 heteroatoms. The molecule has 113 heavy (non-hydrogen) atoms. The number of benzene rings is 15. The fourth-order valence-electron chi connectivity index (χ4n) is 17.7. The first kappa shape index (κ1) is 62.0. The van der Waals surface area contributed by atoms with Gasteiger partial charge in [-0.1, -0.05) is 224 Å². The van der Waals surface area contributed by atoms with E-state index in [9.17, 15) is 0 Å². The van der Waals surface area contributed by atoms with Gasteiger partial charge in [-0.3, -0.25) is 0 Å². The second kappa shape index (κ2) is 23.8. The van der Waals surface area contributed by atoms with E-state index in [0.29, 0.717) is 57.6 Å². The number of aromatic nitrogens is 12. The van der Waals surface area contributed by atoms with E-state index in [2.05, 4.69) is 251 Å². The SMILES string of the molecule is c1ccc(-c2nc(-c3ccc4oc5nc6ccccc6nc5c4c3)nc(-c3cc4c5cccc6cccc(c65)n5c6ccccc6c(c3)c45)n2)cc1.c1ccc2c(c1)sc1cnc(-c3nc(-c4ccc(-c5cccc6c5c5cccc7c8cccc9cccc(c98)n6c75)cc4)nc(-c4cccc5sc6ccccc6c45)n3)nc12. The zero-order valence-electron chi connectivity index (χ0n) is 59.6. The van der Waals surface area contributed by atoms with Crippen molar-refractivity contribution in [3.05, 3.63) is 316 Å². The molecular formula is C98H52N12OS2. The molecular weight excluding hydrogens is 1430 g/mol. The third kappa shape index (κ3) is 9.31. The van der Waals surface area contributed by atoms with Gasteiger partial charge in [-0.15, -0.1) is 22.7 Å². The Balaban J connectivity index is 0.000000129. The fourth-order valence-corrected chi connectivity index (χ4v) is 19.8. The Labute approximate surface area is 648 Å². The van der Waals surface area contributed by atoms with E-state index in [0.717, 1.165) is 81.6 Å². The molecule has 0 saturated heterocycles. The number of nitrogens with zero attached hydrogens (tertiary/aromatic N) is 12. The Kier molecular flexibility index (Phi) is 13.1. The van der Waals surface area contributed by atoms with Gasteiger partial charge in [0, 0.05) is 113 Å². The van der Waals surface area contributed by atoms with Crippen molar-refractivity contribution in [2.24, 2.45) is 0 Å². The maximum absolute atomic E-state index is 6.17. The summed E-state index contributed by atoms with van der Waals surface area (Å²) < 4.78 is 15.7. The molecule has 11 aromatic heterocycles. The first-order valence-corrected chi connectivity index (χ1v) is 39.1. The Bertz CT molecular complexity index is 8530. The smallest absolute Gasteiger partial charge is 0.246 e. The minimum absolute atomic E-state index is 0.438. The molecule has 15 aromatic carbocycles. The minimum Gasteiger partial charge on any atom is -0.436 e. The number of rotatable bonds is 7. The van der Waals surface area contributed by atoms with Gasteiger partial charge in [0.1, 0.15) is 11.1 Å². The van der Waals surface area contributed by atoms with E-state index in [1.54, 1.807) is 22.7 Å². The predicted molar refractivity (Wildman–Crippen MR) is 464 cm³/mol. The van der Waals surface area contributed by atoms with Crippen molar-refractivity contribution in [3.8, 4) is 79.7 Å². The lowest BCUT2D eigenvalue weighted by molar-refractivity contribution is 0.655. The molecule has 0 aliphatic carbocycles. The number of hydrogen-bond acceptors (Lipinski definition) is 13. The maximum atomic E-state index is 6.17. The molecule has 0 radical (unpaired) electrons. The molecule has 26 rings (SSSR count). The van der Waals surface area contributed by atoms with Crippen LogP contribution in [0.5, 0.6) is 0 Å². The number of furan rings is 1. The van der Waals surface area contributed by atoms with E-state index >= 15 is 0 Å². The Morgan fingerprint density at radius 2 is 0.735 bits per heavy atom. The van der Waals surface area contributed by atoms with Gasteiger partial charge < -0.3 is 13.2 Å². The lowest BCUT2D eigenvalue weighted by atomic mass is 9.97. The van der Waals surface area contributed by atoms with Crippen LogP contribution in [0, 0.1) is 0 Å². The molecule has 522 valence electrons. The molecule has 0 saturated carbocycles. The number of fused-ring (bicyclic) bond motifs is 20. The third-order valence-corrected chi connectivity index (χ3v) is 24.9. The topological polar surface area (TPSA) is 151 Å². The minimum atomic E-state index is 0.438. The number of thiophene rings is 2. The molecule has 0 atom stereocenters. The zero-order valence-corrected chi connectivity index (χ0v) is 61.2. The number of hydrogen-bond donors (Lipinski definition) is 0. The van der Waals surface area contributed by atoms with Crippen molar-refractivity contribution in [2.75, 3.05) is 0 Å². The van der Waals surface area contributed by atoms with Gasteiger partial charge in [0.15, 0.2) is 34.9 Å². The highest BCUT2D eigenvalue weighted by Gasteiger charge is 2.26. The summed E-state index contributed by atoms with van der Waals surface area (Å²) in [7, 11) is 0. The quantitative estimate of drug-likeness (QED) is 0.111. The zero-order chi connectivity index (χ0) is 73.7. The normalized spacial score (nSPS) is 12.2. The molecule has 0 aliphatic heterocycles. The second-order valence-corrected chi connectivity index (χ2v) is 31.1. The summed E-state index contributed by atoms with van der Waals surface area (Å²) in [6.07, 6.45) is 1.90. The average molecular weight is 1480 g/mol. The Morgan fingerprint density at radius 3 is 1.51 bits per heavy atom. The van der Waals surface area contributed by atoms with Crippen molar-refractivity contribution in [1.29, 1.82) is 0 Å². The van der Waals surface area contributed by atoms with Crippen molar-refractivity contribution >= 4 is 194 Å². The predicted octanol–water partition coefficient (Wildman–Crippen LogP) is 25.4. The van der Waals surface area contributed by atoms with E-state index in [1.807, 2.05) is 72.9 Å². The highest BCUT2D eigenvalue weighted by molar-refractivity contribution is 7.26. The van der Waals surface area contributed by atoms with Crippen LogP contribution in [0.4, 0.5) is 0 Å². The summed E-state index contributed by atoms with van der Waals surface area (Å²) in [5, 5.41) is 19.1. The van der Waals surface area contributed by atoms with Crippen LogP contribution in [0.15, 0.2) is 320 Å². The van der Waals surface area contributed by atoms with Crippen LogP contribution in [0.2, 0.25) is 0 Å². The molecule has 0 fully saturated rings. The van der Waals surface area contributed by atoms with Gasteiger partial charge in [0.25, 0.3) is 0 Å². The van der Waals surface area contributed by atoms with Crippen molar-refractivity contribution < 1.29 is 4.42 Å². The first-order valence-electron chi connectivity index (χ1n) is 37.5. The van der Waals surface area contributed by atoms with Crippen LogP contribution >= 0.6 is 22.7 Å². The van der Waals surface area contributed by atoms with Gasteiger partial charge in [0.2, 0.25) is 11.5 Å². The summed E-state index contributed by atoms with van der Waals surface area (Å²) in [5.74, 6) is 3.84. The lowest BCUT2D eigenvalue weighted by Crippen LogP contribution is -2.02. The molecule has 0 N–H and O–H groups in total. The summed E-state index contributed by atoms with van der Waals surface area (Å²) >= 11 is 3.48. The maximum Gasteiger partial charge on any atom is 0.246 e. The number of para-hydroxylation sites is 4. The summed E-state index contributed by atoms with van der Waals surface area (Å²) in [5.41, 5.74) is 18.5. The monoisotopic (exact) mass is 1480 g/mol. The van der Waals surface area contributed by atoms with Gasteiger partial charge in [-0.2, -0.15) is 0 Å². The molecule has 0 amide bonds. The highest BCUT2D eigenvalue weighted by Crippen LogP contribution is 2.47. The van der Waals surface area contributed by atoms with Crippen LogP contribution in [-0.2, 0) is 0 Å². The summed E-state index contributed by atoms with van der Waals surface area (Å²) in [4.78, 5) is 50.5. The Hall–Kier alpha value is -14.9. The van der Waals surface area contributed by atoms with Gasteiger partial charge >= 0.3 is 0 Å². The largest absolute Gasteiger partial charge is 0.436 e. The van der Waals surface area contributed by atoms with E-state index in [-0.39, 0.29) is 0 Å². The standard InChI is InChI=1S/C53H28N6S2.C45H24N6O/c1-3-21-41-35(12-1)47-38(18-9-23-43(47)60-41)51-56-50(57-53(58-51)52-54-28-44-48(55-52)36-13-2-4-22-42(36)61-44)31-26-24-29(25-27-31)32-14-8-20-40-46(32)37-17-7-16-34-33-15-5-10-30-11-6-19-39(45(30)33)59(40)49(34)37;1-2-10-26(11-3-1)42-48-43(27-20-21-38-33(22-27)40-45(52-38)47-35-17-6-5-16-34(35)46-40)50-44(49-42)28-23-31-29-14-4-7-18-36(29)51-37-19-9-13-25-12-8-15-30(39(25)37)32(24-28)41(31)51/h1-28H;1-24H. The van der Waals surface area contributed by atoms with Crippen molar-refractivity contribution in [2.45, 2.75) is 0 Å². The van der Waals surface area contributed by atoms with E-state index in [1.165, 1.54) is 112 Å². The molecule has 26 aromatic rings. The number of pyridine rings is 2. The molecule has 0 bridgehead atoms. The molecule has 11 heterocycles. The van der Waals surface area contributed by atoms with Crippen LogP contribution in [0.3, 0.4) is 0 Å². The second-order valence-electron chi connectivity index (χ2n) is 28.9. The van der Waals surface area contributed by atoms with Crippen LogP contribution < -0.4 is 0 Å². The Morgan fingerprint density at radius 1 is 0.248 bits per heavy atom. The third-order valence-electron chi connectivity index (χ3n) is 22.6. The first-order chi connectivity index (χ1) is 56.0. The molecule has 13 nitrogen and oxygen atoms in total. The summed E-state index contributed by atoms with van der Waals surface area (Å²) in [6, 6.07) is 109. The van der Waals surface area contributed by atoms with Gasteiger partial charge in [-0.05, 0) is 118 Å². The average Bonchev–Trinajstić information content (AvgIpc) is 1.60. The molecule has 0 unspecified atom stereocenters. The van der Waals surface area contributed by atoms with Crippen LogP contribution in [0.25, 0.3) is 251 Å². The molecule has 0 spiro atoms. The van der Waals surface area contributed by atoms with Crippen LogP contribution in [0.1, 0.15) is 0 Å². The van der Waals surface area contributed by atoms with E-state index in [4.69, 9.17) is 54.3 Å². The fraction of sp³-hybridized carbons (Fsp3) is 0. The van der Waals surface area contributed by atoms with Gasteiger partial charge in [-0.25, -0.2) is 49.8 Å². The molecule has 0 aliphatic rings.